The lowest BCUT2D eigenvalue weighted by molar-refractivity contribution is 0.0814. The van der Waals surface area contributed by atoms with E-state index in [1.54, 1.807) is 0 Å². The largest absolute Gasteiger partial charge is 0.330 e. The highest BCUT2D eigenvalue weighted by molar-refractivity contribution is 4.89. The van der Waals surface area contributed by atoms with Crippen LogP contribution >= 0.6 is 0 Å². The van der Waals surface area contributed by atoms with Crippen molar-refractivity contribution in [2.24, 2.45) is 17.6 Å². The first-order valence-electron chi connectivity index (χ1n) is 8.76. The second kappa shape index (κ2) is 7.77. The van der Waals surface area contributed by atoms with Crippen molar-refractivity contribution in [1.82, 2.24) is 9.80 Å². The summed E-state index contributed by atoms with van der Waals surface area (Å²) in [6.07, 6.45) is 9.62. The normalized spacial score (nSPS) is 35.9. The minimum absolute atomic E-state index is 0.722. The second-order valence-electron chi connectivity index (χ2n) is 7.25. The van der Waals surface area contributed by atoms with E-state index in [0.717, 1.165) is 30.5 Å². The van der Waals surface area contributed by atoms with Gasteiger partial charge >= 0.3 is 0 Å². The molecule has 0 aromatic carbocycles. The number of rotatable bonds is 6. The summed E-state index contributed by atoms with van der Waals surface area (Å²) in [5.74, 6) is 1.66. The number of hydrogen-bond acceptors (Lipinski definition) is 3. The van der Waals surface area contributed by atoms with E-state index in [2.05, 4.69) is 30.8 Å². The van der Waals surface area contributed by atoms with Gasteiger partial charge in [-0.05, 0) is 64.7 Å². The van der Waals surface area contributed by atoms with Gasteiger partial charge in [-0.1, -0.05) is 26.2 Å². The molecular weight excluding hydrogens is 246 g/mol. The zero-order valence-corrected chi connectivity index (χ0v) is 13.9. The molecule has 2 aliphatic rings. The Hall–Kier alpha value is -0.120. The molecule has 2 rings (SSSR count). The Morgan fingerprint density at radius 2 is 2.05 bits per heavy atom. The minimum Gasteiger partial charge on any atom is -0.330 e. The molecule has 20 heavy (non-hydrogen) atoms. The van der Waals surface area contributed by atoms with Crippen molar-refractivity contribution >= 4 is 0 Å². The van der Waals surface area contributed by atoms with E-state index >= 15 is 0 Å². The van der Waals surface area contributed by atoms with E-state index in [9.17, 15) is 0 Å². The van der Waals surface area contributed by atoms with Crippen LogP contribution in [0.4, 0.5) is 0 Å². The highest BCUT2D eigenvalue weighted by Crippen LogP contribution is 2.34. The topological polar surface area (TPSA) is 32.5 Å². The molecule has 3 heteroatoms. The van der Waals surface area contributed by atoms with Crippen molar-refractivity contribution in [2.75, 3.05) is 33.7 Å². The van der Waals surface area contributed by atoms with Gasteiger partial charge in [-0.15, -0.1) is 0 Å². The molecule has 2 fully saturated rings. The molecule has 4 atom stereocenters. The third-order valence-electron chi connectivity index (χ3n) is 5.80. The molecule has 0 radical (unpaired) electrons. The lowest BCUT2D eigenvalue weighted by Crippen LogP contribution is -2.49. The summed E-state index contributed by atoms with van der Waals surface area (Å²) in [4.78, 5) is 5.19. The minimum atomic E-state index is 0.722. The van der Waals surface area contributed by atoms with Crippen LogP contribution in [0, 0.1) is 11.8 Å². The molecule has 118 valence electrons. The summed E-state index contributed by atoms with van der Waals surface area (Å²) < 4.78 is 0. The van der Waals surface area contributed by atoms with Crippen molar-refractivity contribution in [3.8, 4) is 0 Å². The molecule has 1 aliphatic carbocycles. The van der Waals surface area contributed by atoms with Gasteiger partial charge in [-0.25, -0.2) is 0 Å². The van der Waals surface area contributed by atoms with Crippen molar-refractivity contribution in [3.05, 3.63) is 0 Å². The fourth-order valence-electron chi connectivity index (χ4n) is 4.46. The van der Waals surface area contributed by atoms with E-state index < -0.39 is 0 Å². The first-order valence-corrected chi connectivity index (χ1v) is 8.76. The first-order chi connectivity index (χ1) is 9.65. The van der Waals surface area contributed by atoms with Crippen molar-refractivity contribution < 1.29 is 0 Å². The van der Waals surface area contributed by atoms with Gasteiger partial charge in [0.2, 0.25) is 0 Å². The summed E-state index contributed by atoms with van der Waals surface area (Å²) in [5.41, 5.74) is 6.05. The van der Waals surface area contributed by atoms with Gasteiger partial charge in [0, 0.05) is 18.6 Å². The highest BCUT2D eigenvalue weighted by atomic mass is 15.2. The molecule has 0 aromatic rings. The fourth-order valence-corrected chi connectivity index (χ4v) is 4.46. The smallest absolute Gasteiger partial charge is 0.0220 e. The van der Waals surface area contributed by atoms with Crippen LogP contribution in [0.25, 0.3) is 0 Å². The van der Waals surface area contributed by atoms with Crippen molar-refractivity contribution in [3.63, 3.8) is 0 Å². The quantitative estimate of drug-likeness (QED) is 0.812. The number of likely N-dealkylation sites (tertiary alicyclic amines) is 1. The standard InChI is InChI=1S/C17H35N3/c1-4-6-14-8-9-15(12-18)17(11-14)20(3)13-16-7-5-10-19(16)2/h14-17H,4-13,18H2,1-3H3. The van der Waals surface area contributed by atoms with Crippen LogP contribution in [-0.2, 0) is 0 Å². The third-order valence-corrected chi connectivity index (χ3v) is 5.80. The Morgan fingerprint density at radius 1 is 1.25 bits per heavy atom. The average molecular weight is 281 g/mol. The van der Waals surface area contributed by atoms with Crippen molar-refractivity contribution in [2.45, 2.75) is 64.0 Å². The van der Waals surface area contributed by atoms with E-state index in [1.807, 2.05) is 0 Å². The van der Waals surface area contributed by atoms with E-state index in [0.29, 0.717) is 0 Å². The molecule has 0 aromatic heterocycles. The van der Waals surface area contributed by atoms with Crippen molar-refractivity contribution in [1.29, 1.82) is 0 Å². The molecular formula is C17H35N3. The summed E-state index contributed by atoms with van der Waals surface area (Å²) >= 11 is 0. The van der Waals surface area contributed by atoms with E-state index in [1.165, 1.54) is 58.0 Å². The van der Waals surface area contributed by atoms with Crippen LogP contribution in [0.5, 0.6) is 0 Å². The Labute approximate surface area is 125 Å². The molecule has 3 nitrogen and oxygen atoms in total. The number of likely N-dealkylation sites (N-methyl/N-ethyl adjacent to an activating group) is 2. The lowest BCUT2D eigenvalue weighted by Gasteiger charge is -2.42. The predicted octanol–water partition coefficient (Wildman–Crippen LogP) is 2.56. The predicted molar refractivity (Wildman–Crippen MR) is 86.9 cm³/mol. The Balaban J connectivity index is 1.91. The maximum Gasteiger partial charge on any atom is 0.0220 e. The molecule has 1 aliphatic heterocycles. The van der Waals surface area contributed by atoms with Crippen LogP contribution in [0.3, 0.4) is 0 Å². The Bertz CT molecular complexity index is 281. The van der Waals surface area contributed by atoms with Gasteiger partial charge in [0.05, 0.1) is 0 Å². The van der Waals surface area contributed by atoms with E-state index in [4.69, 9.17) is 5.73 Å². The summed E-state index contributed by atoms with van der Waals surface area (Å²) in [5, 5.41) is 0. The fraction of sp³-hybridized carbons (Fsp3) is 1.00. The number of nitrogens with two attached hydrogens (primary N) is 1. The molecule has 1 saturated carbocycles. The molecule has 0 bridgehead atoms. The van der Waals surface area contributed by atoms with Gasteiger partial charge in [0.1, 0.15) is 0 Å². The third kappa shape index (κ3) is 3.96. The molecule has 1 saturated heterocycles. The van der Waals surface area contributed by atoms with E-state index in [-0.39, 0.29) is 0 Å². The molecule has 2 N–H and O–H groups in total. The van der Waals surface area contributed by atoms with Gasteiger partial charge in [-0.2, -0.15) is 0 Å². The first kappa shape index (κ1) is 16.3. The summed E-state index contributed by atoms with van der Waals surface area (Å²) in [6, 6.07) is 1.49. The molecule has 1 heterocycles. The molecule has 0 spiro atoms. The van der Waals surface area contributed by atoms with Gasteiger partial charge in [0.25, 0.3) is 0 Å². The molecule has 4 unspecified atom stereocenters. The second-order valence-corrected chi connectivity index (χ2v) is 7.25. The van der Waals surface area contributed by atoms with Crippen LogP contribution in [0.1, 0.15) is 51.9 Å². The highest BCUT2D eigenvalue weighted by Gasteiger charge is 2.33. The summed E-state index contributed by atoms with van der Waals surface area (Å²) in [6.45, 7) is 5.70. The van der Waals surface area contributed by atoms with Crippen LogP contribution in [0.2, 0.25) is 0 Å². The lowest BCUT2D eigenvalue weighted by atomic mass is 9.76. The maximum atomic E-state index is 6.05. The Kier molecular flexibility index (Phi) is 6.31. The SMILES string of the molecule is CCCC1CCC(CN)C(N(C)CC2CCCN2C)C1. The van der Waals surface area contributed by atoms with Crippen LogP contribution < -0.4 is 5.73 Å². The zero-order chi connectivity index (χ0) is 14.5. The zero-order valence-electron chi connectivity index (χ0n) is 13.9. The van der Waals surface area contributed by atoms with Crippen LogP contribution in [0.15, 0.2) is 0 Å². The molecule has 0 amide bonds. The monoisotopic (exact) mass is 281 g/mol. The Morgan fingerprint density at radius 3 is 2.65 bits per heavy atom. The van der Waals surface area contributed by atoms with Crippen LogP contribution in [-0.4, -0.2) is 55.6 Å². The summed E-state index contributed by atoms with van der Waals surface area (Å²) in [7, 11) is 4.63. The maximum absolute atomic E-state index is 6.05. The average Bonchev–Trinajstić information content (AvgIpc) is 2.84. The van der Waals surface area contributed by atoms with Gasteiger partial charge in [-0.3, -0.25) is 0 Å². The number of hydrogen-bond donors (Lipinski definition) is 1. The van der Waals surface area contributed by atoms with Gasteiger partial charge in [0.15, 0.2) is 0 Å². The van der Waals surface area contributed by atoms with Gasteiger partial charge < -0.3 is 15.5 Å². The number of nitrogens with zero attached hydrogens (tertiary/aromatic N) is 2.